The summed E-state index contributed by atoms with van der Waals surface area (Å²) in [6.45, 7) is 2.56. The molecule has 0 aliphatic rings. The monoisotopic (exact) mass is 354 g/mol. The van der Waals surface area contributed by atoms with Gasteiger partial charge in [0.1, 0.15) is 0 Å². The predicted octanol–water partition coefficient (Wildman–Crippen LogP) is 4.03. The zero-order chi connectivity index (χ0) is 15.5. The number of rotatable bonds is 5. The van der Waals surface area contributed by atoms with E-state index in [1.165, 1.54) is 13.8 Å². The quantitative estimate of drug-likeness (QED) is 0.749. The van der Waals surface area contributed by atoms with Gasteiger partial charge in [0.2, 0.25) is 0 Å². The van der Waals surface area contributed by atoms with Crippen molar-refractivity contribution in [3.05, 3.63) is 28.0 Å². The van der Waals surface area contributed by atoms with Crippen molar-refractivity contribution in [3.8, 4) is 5.75 Å². The Kier molecular flexibility index (Phi) is 5.44. The number of benzene rings is 1. The summed E-state index contributed by atoms with van der Waals surface area (Å²) in [5, 5.41) is 0. The number of esters is 1. The van der Waals surface area contributed by atoms with E-state index >= 15 is 0 Å². The van der Waals surface area contributed by atoms with Crippen LogP contribution in [0.5, 0.6) is 5.75 Å². The molecule has 0 heterocycles. The second kappa shape index (κ2) is 6.47. The molecule has 0 N–H and O–H groups in total. The second-order valence-corrected chi connectivity index (χ2v) is 5.02. The summed E-state index contributed by atoms with van der Waals surface area (Å²) < 4.78 is 51.2. The average molecular weight is 355 g/mol. The largest absolute Gasteiger partial charge is 0.475 e. The van der Waals surface area contributed by atoms with Gasteiger partial charge >= 0.3 is 5.97 Å². The molecule has 0 spiro atoms. The summed E-state index contributed by atoms with van der Waals surface area (Å²) in [5.74, 6) is -5.66. The first-order valence-electron chi connectivity index (χ1n) is 5.84. The fraction of sp³-hybridized carbons (Fsp3) is 0.462. The number of halogens is 4. The summed E-state index contributed by atoms with van der Waals surface area (Å²) in [6.07, 6.45) is -1.71. The molecule has 1 rings (SSSR count). The van der Waals surface area contributed by atoms with Crippen molar-refractivity contribution in [2.75, 3.05) is 7.11 Å². The number of carbonyl (C=O) groups excluding carboxylic acids is 1. The highest BCUT2D eigenvalue weighted by Crippen LogP contribution is 2.41. The SMILES string of the molecule is CCC(F)(F)c1cc(Br)cc(F)c1O[C@@H](C)C(=O)OC. The molecule has 0 aromatic heterocycles. The highest BCUT2D eigenvalue weighted by molar-refractivity contribution is 9.10. The van der Waals surface area contributed by atoms with Crippen LogP contribution in [0.3, 0.4) is 0 Å². The Labute approximate surface area is 123 Å². The van der Waals surface area contributed by atoms with Crippen LogP contribution in [0.4, 0.5) is 13.2 Å². The smallest absolute Gasteiger partial charge is 0.346 e. The Hall–Kier alpha value is -1.24. The van der Waals surface area contributed by atoms with E-state index in [1.807, 2.05) is 0 Å². The number of methoxy groups -OCH3 is 1. The van der Waals surface area contributed by atoms with Crippen LogP contribution in [-0.2, 0) is 15.5 Å². The molecular formula is C13H14BrF3O3. The maximum Gasteiger partial charge on any atom is 0.346 e. The van der Waals surface area contributed by atoms with Gasteiger partial charge in [0.15, 0.2) is 17.7 Å². The fourth-order valence-corrected chi connectivity index (χ4v) is 1.96. The molecule has 0 unspecified atom stereocenters. The number of hydrogen-bond acceptors (Lipinski definition) is 3. The van der Waals surface area contributed by atoms with E-state index in [1.54, 1.807) is 0 Å². The van der Waals surface area contributed by atoms with Crippen LogP contribution < -0.4 is 4.74 Å². The van der Waals surface area contributed by atoms with Gasteiger partial charge in [0.05, 0.1) is 12.7 Å². The van der Waals surface area contributed by atoms with E-state index in [4.69, 9.17) is 4.74 Å². The zero-order valence-corrected chi connectivity index (χ0v) is 12.8. The van der Waals surface area contributed by atoms with Crippen LogP contribution >= 0.6 is 15.9 Å². The average Bonchev–Trinajstić information content (AvgIpc) is 2.40. The molecule has 1 aromatic carbocycles. The van der Waals surface area contributed by atoms with E-state index < -0.39 is 41.5 Å². The zero-order valence-electron chi connectivity index (χ0n) is 11.2. The van der Waals surface area contributed by atoms with Crippen LogP contribution in [0.1, 0.15) is 25.8 Å². The first-order valence-corrected chi connectivity index (χ1v) is 6.64. The lowest BCUT2D eigenvalue weighted by Gasteiger charge is -2.21. The van der Waals surface area contributed by atoms with Crippen molar-refractivity contribution in [1.82, 2.24) is 0 Å². The van der Waals surface area contributed by atoms with Crippen molar-refractivity contribution in [3.63, 3.8) is 0 Å². The topological polar surface area (TPSA) is 35.5 Å². The molecule has 0 saturated heterocycles. The van der Waals surface area contributed by atoms with Gasteiger partial charge in [-0.3, -0.25) is 0 Å². The van der Waals surface area contributed by atoms with Gasteiger partial charge < -0.3 is 9.47 Å². The number of alkyl halides is 2. The third kappa shape index (κ3) is 3.65. The van der Waals surface area contributed by atoms with E-state index in [2.05, 4.69) is 20.7 Å². The minimum Gasteiger partial charge on any atom is -0.475 e. The van der Waals surface area contributed by atoms with Crippen molar-refractivity contribution >= 4 is 21.9 Å². The van der Waals surface area contributed by atoms with Crippen LogP contribution in [0.2, 0.25) is 0 Å². The molecule has 1 atom stereocenters. The Balaban J connectivity index is 3.27. The molecule has 7 heteroatoms. The van der Waals surface area contributed by atoms with Crippen LogP contribution in [0.25, 0.3) is 0 Å². The van der Waals surface area contributed by atoms with E-state index in [9.17, 15) is 18.0 Å². The van der Waals surface area contributed by atoms with E-state index in [-0.39, 0.29) is 4.47 Å². The van der Waals surface area contributed by atoms with E-state index in [0.29, 0.717) is 0 Å². The molecule has 112 valence electrons. The first-order chi connectivity index (χ1) is 9.22. The van der Waals surface area contributed by atoms with Gasteiger partial charge in [0, 0.05) is 10.9 Å². The van der Waals surface area contributed by atoms with Crippen molar-refractivity contribution in [2.45, 2.75) is 32.3 Å². The third-order valence-corrected chi connectivity index (χ3v) is 3.13. The Morgan fingerprint density at radius 1 is 1.45 bits per heavy atom. The molecule has 0 aliphatic heterocycles. The molecule has 0 amide bonds. The van der Waals surface area contributed by atoms with E-state index in [0.717, 1.165) is 19.2 Å². The second-order valence-electron chi connectivity index (χ2n) is 4.11. The predicted molar refractivity (Wildman–Crippen MR) is 70.4 cm³/mol. The number of carbonyl (C=O) groups is 1. The molecule has 20 heavy (non-hydrogen) atoms. The number of hydrogen-bond donors (Lipinski definition) is 0. The van der Waals surface area contributed by atoms with Crippen molar-refractivity contribution in [1.29, 1.82) is 0 Å². The standard InChI is InChI=1S/C13H14BrF3O3/c1-4-13(16,17)9-5-8(14)6-10(15)11(9)20-7(2)12(18)19-3/h5-7H,4H2,1-3H3/t7-/m0/s1. The highest BCUT2D eigenvalue weighted by Gasteiger charge is 2.35. The minimum atomic E-state index is -3.27. The van der Waals surface area contributed by atoms with Crippen LogP contribution in [0, 0.1) is 5.82 Å². The molecule has 0 radical (unpaired) electrons. The lowest BCUT2D eigenvalue weighted by atomic mass is 10.0. The minimum absolute atomic E-state index is 0.163. The van der Waals surface area contributed by atoms with Crippen molar-refractivity contribution < 1.29 is 27.4 Å². The summed E-state index contributed by atoms with van der Waals surface area (Å²) in [7, 11) is 1.13. The van der Waals surface area contributed by atoms with Crippen molar-refractivity contribution in [2.24, 2.45) is 0 Å². The molecular weight excluding hydrogens is 341 g/mol. The van der Waals surface area contributed by atoms with Gasteiger partial charge in [-0.2, -0.15) is 0 Å². The van der Waals surface area contributed by atoms with Gasteiger partial charge in [-0.15, -0.1) is 0 Å². The Morgan fingerprint density at radius 2 is 2.05 bits per heavy atom. The molecule has 0 saturated carbocycles. The van der Waals surface area contributed by atoms with Crippen LogP contribution in [-0.4, -0.2) is 19.2 Å². The Bertz CT molecular complexity index is 506. The molecule has 3 nitrogen and oxygen atoms in total. The van der Waals surface area contributed by atoms with Gasteiger partial charge in [-0.05, 0) is 19.1 Å². The third-order valence-electron chi connectivity index (χ3n) is 2.67. The fourth-order valence-electron chi connectivity index (χ4n) is 1.53. The molecule has 0 fully saturated rings. The number of ether oxygens (including phenoxy) is 2. The summed E-state index contributed by atoms with van der Waals surface area (Å²) in [5.41, 5.74) is -0.609. The molecule has 0 bridgehead atoms. The van der Waals surface area contributed by atoms with Gasteiger partial charge in [0.25, 0.3) is 5.92 Å². The normalized spacial score (nSPS) is 12.9. The first kappa shape index (κ1) is 16.8. The molecule has 1 aromatic rings. The lowest BCUT2D eigenvalue weighted by molar-refractivity contribution is -0.148. The highest BCUT2D eigenvalue weighted by atomic mass is 79.9. The Morgan fingerprint density at radius 3 is 2.55 bits per heavy atom. The maximum atomic E-state index is 13.9. The summed E-state index contributed by atoms with van der Waals surface area (Å²) in [4.78, 5) is 11.3. The summed E-state index contributed by atoms with van der Waals surface area (Å²) in [6, 6.07) is 2.07. The lowest BCUT2D eigenvalue weighted by Crippen LogP contribution is -2.27. The van der Waals surface area contributed by atoms with Gasteiger partial charge in [-0.1, -0.05) is 22.9 Å². The van der Waals surface area contributed by atoms with Gasteiger partial charge in [-0.25, -0.2) is 18.0 Å². The summed E-state index contributed by atoms with van der Waals surface area (Å²) >= 11 is 2.96. The maximum absolute atomic E-state index is 13.9. The van der Waals surface area contributed by atoms with Crippen LogP contribution in [0.15, 0.2) is 16.6 Å². The molecule has 0 aliphatic carbocycles.